The second kappa shape index (κ2) is 6.94. The molecule has 136 valence electrons. The number of rotatable bonds is 4. The third-order valence-electron chi connectivity index (χ3n) is 4.65. The number of benzene rings is 3. The Hall–Kier alpha value is -3.44. The molecule has 5 nitrogen and oxygen atoms in total. The Morgan fingerprint density at radius 3 is 2.43 bits per heavy atom. The van der Waals surface area contributed by atoms with Gasteiger partial charge in [-0.25, -0.2) is 9.38 Å². The van der Waals surface area contributed by atoms with Gasteiger partial charge in [0, 0.05) is 17.5 Å². The molecule has 1 N–H and O–H groups in total. The van der Waals surface area contributed by atoms with Crippen LogP contribution in [0.3, 0.4) is 0 Å². The first-order chi connectivity index (χ1) is 13.8. The molecule has 0 bridgehead atoms. The fourth-order valence-corrected chi connectivity index (χ4v) is 3.52. The maximum absolute atomic E-state index is 6.44. The van der Waals surface area contributed by atoms with E-state index >= 15 is 0 Å². The number of nitrogens with one attached hydrogen (secondary N) is 1. The SMILES string of the molecule is Clc1ccccc1-c1nnc2c3ccccc3nc(NCc3ccccc3)n12. The molecule has 0 amide bonds. The number of nitrogens with zero attached hydrogens (tertiary/aromatic N) is 4. The summed E-state index contributed by atoms with van der Waals surface area (Å²) >= 11 is 6.44. The predicted octanol–water partition coefficient (Wildman–Crippen LogP) is 5.21. The van der Waals surface area contributed by atoms with E-state index in [0.717, 1.165) is 27.7 Å². The summed E-state index contributed by atoms with van der Waals surface area (Å²) in [7, 11) is 0. The lowest BCUT2D eigenvalue weighted by Crippen LogP contribution is -2.08. The van der Waals surface area contributed by atoms with Gasteiger partial charge in [-0.15, -0.1) is 10.2 Å². The van der Waals surface area contributed by atoms with Gasteiger partial charge in [-0.05, 0) is 29.8 Å². The Morgan fingerprint density at radius 1 is 0.821 bits per heavy atom. The summed E-state index contributed by atoms with van der Waals surface area (Å²) < 4.78 is 1.94. The van der Waals surface area contributed by atoms with Gasteiger partial charge in [0.25, 0.3) is 0 Å². The summed E-state index contributed by atoms with van der Waals surface area (Å²) in [5.41, 5.74) is 3.59. The second-order valence-corrected chi connectivity index (χ2v) is 6.86. The largest absolute Gasteiger partial charge is 0.351 e. The quantitative estimate of drug-likeness (QED) is 0.461. The highest BCUT2D eigenvalue weighted by molar-refractivity contribution is 6.33. The molecule has 2 aromatic heterocycles. The molecule has 0 fully saturated rings. The molecule has 0 aliphatic heterocycles. The monoisotopic (exact) mass is 385 g/mol. The first-order valence-corrected chi connectivity index (χ1v) is 9.35. The van der Waals surface area contributed by atoms with Crippen molar-refractivity contribution >= 4 is 34.1 Å². The Bertz CT molecular complexity index is 1280. The smallest absolute Gasteiger partial charge is 0.211 e. The average Bonchev–Trinajstić information content (AvgIpc) is 3.18. The van der Waals surface area contributed by atoms with E-state index in [-0.39, 0.29) is 0 Å². The van der Waals surface area contributed by atoms with Gasteiger partial charge in [-0.1, -0.05) is 66.2 Å². The van der Waals surface area contributed by atoms with Crippen molar-refractivity contribution in [3.05, 3.63) is 89.4 Å². The fourth-order valence-electron chi connectivity index (χ4n) is 3.30. The average molecular weight is 386 g/mol. The van der Waals surface area contributed by atoms with Gasteiger partial charge >= 0.3 is 0 Å². The molecule has 28 heavy (non-hydrogen) atoms. The standard InChI is InChI=1S/C22H16ClN5/c23-18-12-6-4-10-16(18)20-26-27-21-17-11-5-7-13-19(17)25-22(28(20)21)24-14-15-8-2-1-3-9-15/h1-13H,14H2,(H,24,25). The molecule has 2 heterocycles. The molecule has 0 saturated heterocycles. The lowest BCUT2D eigenvalue weighted by molar-refractivity contribution is 1.03. The Kier molecular flexibility index (Phi) is 4.14. The molecule has 5 aromatic rings. The summed E-state index contributed by atoms with van der Waals surface area (Å²) in [6, 6.07) is 25.8. The van der Waals surface area contributed by atoms with Gasteiger partial charge in [0.2, 0.25) is 5.95 Å². The minimum absolute atomic E-state index is 0.624. The lowest BCUT2D eigenvalue weighted by Gasteiger charge is -2.12. The lowest BCUT2D eigenvalue weighted by atomic mass is 10.2. The molecule has 0 saturated carbocycles. The molecule has 0 atom stereocenters. The minimum atomic E-state index is 0.624. The molecular weight excluding hydrogens is 370 g/mol. The molecule has 0 aliphatic rings. The molecule has 0 radical (unpaired) electrons. The highest BCUT2D eigenvalue weighted by atomic mass is 35.5. The van der Waals surface area contributed by atoms with Crippen LogP contribution < -0.4 is 5.32 Å². The third kappa shape index (κ3) is 2.86. The maximum Gasteiger partial charge on any atom is 0.211 e. The topological polar surface area (TPSA) is 55.1 Å². The maximum atomic E-state index is 6.44. The van der Waals surface area contributed by atoms with E-state index in [9.17, 15) is 0 Å². The van der Waals surface area contributed by atoms with Crippen LogP contribution in [0.5, 0.6) is 0 Å². The molecule has 5 rings (SSSR count). The Morgan fingerprint density at radius 2 is 1.57 bits per heavy atom. The van der Waals surface area contributed by atoms with Crippen molar-refractivity contribution < 1.29 is 0 Å². The number of hydrogen-bond donors (Lipinski definition) is 1. The summed E-state index contributed by atoms with van der Waals surface area (Å²) in [5, 5.41) is 13.9. The number of halogens is 1. The number of para-hydroxylation sites is 1. The van der Waals surface area contributed by atoms with Crippen molar-refractivity contribution in [3.8, 4) is 11.4 Å². The number of anilines is 1. The highest BCUT2D eigenvalue weighted by Crippen LogP contribution is 2.30. The van der Waals surface area contributed by atoms with Crippen LogP contribution >= 0.6 is 11.6 Å². The summed E-state index contributed by atoms with van der Waals surface area (Å²) in [5.74, 6) is 1.34. The highest BCUT2D eigenvalue weighted by Gasteiger charge is 2.17. The first kappa shape index (κ1) is 16.7. The van der Waals surface area contributed by atoms with Gasteiger partial charge in [0.05, 0.1) is 10.5 Å². The van der Waals surface area contributed by atoms with E-state index in [0.29, 0.717) is 23.3 Å². The third-order valence-corrected chi connectivity index (χ3v) is 4.98. The van der Waals surface area contributed by atoms with E-state index in [1.807, 2.05) is 71.1 Å². The van der Waals surface area contributed by atoms with E-state index in [2.05, 4.69) is 27.6 Å². The first-order valence-electron chi connectivity index (χ1n) is 8.98. The number of hydrogen-bond acceptors (Lipinski definition) is 4. The van der Waals surface area contributed by atoms with E-state index < -0.39 is 0 Å². The zero-order chi connectivity index (χ0) is 18.9. The summed E-state index contributed by atoms with van der Waals surface area (Å²) in [6.07, 6.45) is 0. The van der Waals surface area contributed by atoms with E-state index in [4.69, 9.17) is 16.6 Å². The second-order valence-electron chi connectivity index (χ2n) is 6.45. The molecular formula is C22H16ClN5. The van der Waals surface area contributed by atoms with Crippen molar-refractivity contribution in [3.63, 3.8) is 0 Å². The normalized spacial score (nSPS) is 11.2. The molecule has 6 heteroatoms. The summed E-state index contributed by atoms with van der Waals surface area (Å²) in [6.45, 7) is 0.640. The van der Waals surface area contributed by atoms with E-state index in [1.54, 1.807) is 0 Å². The predicted molar refractivity (Wildman–Crippen MR) is 113 cm³/mol. The van der Waals surface area contributed by atoms with Crippen molar-refractivity contribution in [2.45, 2.75) is 6.54 Å². The van der Waals surface area contributed by atoms with Crippen molar-refractivity contribution in [1.29, 1.82) is 0 Å². The molecule has 0 unspecified atom stereocenters. The van der Waals surface area contributed by atoms with Crippen LogP contribution in [-0.4, -0.2) is 19.6 Å². The summed E-state index contributed by atoms with van der Waals surface area (Å²) in [4.78, 5) is 4.84. The van der Waals surface area contributed by atoms with Crippen molar-refractivity contribution in [2.75, 3.05) is 5.32 Å². The van der Waals surface area contributed by atoms with Crippen LogP contribution in [0.1, 0.15) is 5.56 Å². The van der Waals surface area contributed by atoms with Gasteiger partial charge < -0.3 is 5.32 Å². The van der Waals surface area contributed by atoms with Crippen LogP contribution in [0.4, 0.5) is 5.95 Å². The van der Waals surface area contributed by atoms with Crippen molar-refractivity contribution in [2.24, 2.45) is 0 Å². The van der Waals surface area contributed by atoms with Crippen LogP contribution in [0, 0.1) is 0 Å². The van der Waals surface area contributed by atoms with Crippen LogP contribution in [0.25, 0.3) is 27.9 Å². The Labute approximate surface area is 166 Å². The van der Waals surface area contributed by atoms with Gasteiger partial charge in [-0.2, -0.15) is 0 Å². The van der Waals surface area contributed by atoms with E-state index in [1.165, 1.54) is 0 Å². The molecule has 3 aromatic carbocycles. The fraction of sp³-hybridized carbons (Fsp3) is 0.0455. The zero-order valence-corrected chi connectivity index (χ0v) is 15.6. The van der Waals surface area contributed by atoms with Gasteiger partial charge in [0.1, 0.15) is 0 Å². The minimum Gasteiger partial charge on any atom is -0.351 e. The van der Waals surface area contributed by atoms with Crippen molar-refractivity contribution in [1.82, 2.24) is 19.6 Å². The molecule has 0 aliphatic carbocycles. The zero-order valence-electron chi connectivity index (χ0n) is 14.9. The van der Waals surface area contributed by atoms with Gasteiger partial charge in [-0.3, -0.25) is 0 Å². The van der Waals surface area contributed by atoms with Crippen LogP contribution in [0.2, 0.25) is 5.02 Å². The van der Waals surface area contributed by atoms with Crippen LogP contribution in [0.15, 0.2) is 78.9 Å². The number of aromatic nitrogens is 4. The van der Waals surface area contributed by atoms with Crippen LogP contribution in [-0.2, 0) is 6.54 Å². The number of fused-ring (bicyclic) bond motifs is 3. The molecule has 0 spiro atoms. The van der Waals surface area contributed by atoms with Gasteiger partial charge in [0.15, 0.2) is 11.5 Å². The Balaban J connectivity index is 1.72.